The summed E-state index contributed by atoms with van der Waals surface area (Å²) in [6.07, 6.45) is 1.09. The van der Waals surface area contributed by atoms with E-state index >= 15 is 0 Å². The molecule has 0 amide bonds. The lowest BCUT2D eigenvalue weighted by molar-refractivity contribution is 0.517. The van der Waals surface area contributed by atoms with Gasteiger partial charge in [0, 0.05) is 15.5 Å². The Morgan fingerprint density at radius 1 is 1.50 bits per heavy atom. The molecule has 1 aromatic rings. The van der Waals surface area contributed by atoms with Crippen molar-refractivity contribution in [1.29, 1.82) is 0 Å². The van der Waals surface area contributed by atoms with Gasteiger partial charge < -0.3 is 5.32 Å². The van der Waals surface area contributed by atoms with Crippen LogP contribution < -0.4 is 5.32 Å². The first-order chi connectivity index (χ1) is 6.62. The van der Waals surface area contributed by atoms with Gasteiger partial charge in [-0.15, -0.1) is 0 Å². The van der Waals surface area contributed by atoms with Crippen LogP contribution in [0.4, 0.5) is 4.39 Å². The first kappa shape index (κ1) is 10.4. The molecular formula is C11H13FIN. The summed E-state index contributed by atoms with van der Waals surface area (Å²) in [5.74, 6) is -0.101. The molecule has 0 aliphatic carbocycles. The Morgan fingerprint density at radius 3 is 2.86 bits per heavy atom. The van der Waals surface area contributed by atoms with Crippen molar-refractivity contribution in [3.63, 3.8) is 0 Å². The van der Waals surface area contributed by atoms with E-state index in [0.29, 0.717) is 3.57 Å². The first-order valence-electron chi connectivity index (χ1n) is 4.78. The van der Waals surface area contributed by atoms with Gasteiger partial charge >= 0.3 is 0 Å². The molecule has 1 heterocycles. The fourth-order valence-corrected chi connectivity index (χ4v) is 2.27. The van der Waals surface area contributed by atoms with Crippen molar-refractivity contribution < 1.29 is 4.39 Å². The first-order valence-corrected chi connectivity index (χ1v) is 5.86. The number of hydrogen-bond acceptors (Lipinski definition) is 1. The summed E-state index contributed by atoms with van der Waals surface area (Å²) in [7, 11) is 0. The van der Waals surface area contributed by atoms with Crippen LogP contribution in [-0.2, 0) is 5.41 Å². The average Bonchev–Trinajstić information content (AvgIpc) is 2.58. The van der Waals surface area contributed by atoms with Gasteiger partial charge in [-0.1, -0.05) is 13.0 Å². The zero-order valence-electron chi connectivity index (χ0n) is 8.11. The number of halogens is 2. The minimum Gasteiger partial charge on any atom is -0.316 e. The topological polar surface area (TPSA) is 12.0 Å². The summed E-state index contributed by atoms with van der Waals surface area (Å²) >= 11 is 2.02. The minimum absolute atomic E-state index is 0.101. The number of rotatable bonds is 1. The van der Waals surface area contributed by atoms with E-state index in [1.165, 1.54) is 0 Å². The van der Waals surface area contributed by atoms with Crippen molar-refractivity contribution in [2.24, 2.45) is 0 Å². The normalized spacial score (nSPS) is 26.8. The molecule has 1 fully saturated rings. The molecule has 1 atom stereocenters. The molecule has 1 saturated heterocycles. The molecule has 1 unspecified atom stereocenters. The SMILES string of the molecule is CC1(c2ccc(I)c(F)c2)CCNC1. The largest absolute Gasteiger partial charge is 0.316 e. The van der Waals surface area contributed by atoms with Crippen LogP contribution in [0, 0.1) is 9.39 Å². The van der Waals surface area contributed by atoms with Crippen molar-refractivity contribution in [2.75, 3.05) is 13.1 Å². The lowest BCUT2D eigenvalue weighted by atomic mass is 9.82. The third-order valence-corrected chi connectivity index (χ3v) is 3.86. The van der Waals surface area contributed by atoms with Gasteiger partial charge in [0.15, 0.2) is 0 Å². The summed E-state index contributed by atoms with van der Waals surface area (Å²) in [4.78, 5) is 0. The predicted molar refractivity (Wildman–Crippen MR) is 64.0 cm³/mol. The predicted octanol–water partition coefficient (Wildman–Crippen LogP) is 2.68. The van der Waals surface area contributed by atoms with Crippen LogP contribution in [0.2, 0.25) is 0 Å². The van der Waals surface area contributed by atoms with Gasteiger partial charge in [0.05, 0.1) is 0 Å². The Balaban J connectivity index is 2.36. The van der Waals surface area contributed by atoms with Gasteiger partial charge in [-0.05, 0) is 53.3 Å². The highest BCUT2D eigenvalue weighted by Gasteiger charge is 2.30. The highest BCUT2D eigenvalue weighted by Crippen LogP contribution is 2.31. The molecule has 1 aliphatic heterocycles. The Hall–Kier alpha value is -0.160. The van der Waals surface area contributed by atoms with Crippen LogP contribution in [0.15, 0.2) is 18.2 Å². The van der Waals surface area contributed by atoms with E-state index in [2.05, 4.69) is 12.2 Å². The Morgan fingerprint density at radius 2 is 2.29 bits per heavy atom. The monoisotopic (exact) mass is 305 g/mol. The summed E-state index contributed by atoms with van der Waals surface area (Å²) in [5.41, 5.74) is 1.23. The third kappa shape index (κ3) is 1.80. The molecule has 0 bridgehead atoms. The van der Waals surface area contributed by atoms with E-state index in [4.69, 9.17) is 0 Å². The third-order valence-electron chi connectivity index (χ3n) is 2.99. The Bertz CT molecular complexity index is 345. The molecular weight excluding hydrogens is 292 g/mol. The molecule has 0 radical (unpaired) electrons. The van der Waals surface area contributed by atoms with E-state index in [1.54, 1.807) is 6.07 Å². The van der Waals surface area contributed by atoms with Crippen molar-refractivity contribution in [3.8, 4) is 0 Å². The second-order valence-corrected chi connectivity index (χ2v) is 5.28. The molecule has 0 spiro atoms. The molecule has 76 valence electrons. The molecule has 2 rings (SSSR count). The molecule has 1 N–H and O–H groups in total. The van der Waals surface area contributed by atoms with E-state index in [9.17, 15) is 4.39 Å². The second kappa shape index (κ2) is 3.77. The zero-order chi connectivity index (χ0) is 10.2. The zero-order valence-corrected chi connectivity index (χ0v) is 10.3. The van der Waals surface area contributed by atoms with Crippen molar-refractivity contribution in [2.45, 2.75) is 18.8 Å². The standard InChI is InChI=1S/C11H13FIN/c1-11(4-5-14-7-11)8-2-3-10(13)9(12)6-8/h2-3,6,14H,4-5,7H2,1H3. The molecule has 0 aromatic heterocycles. The van der Waals surface area contributed by atoms with Gasteiger partial charge in [-0.2, -0.15) is 0 Å². The Labute approximate surface area is 97.2 Å². The van der Waals surface area contributed by atoms with E-state index in [0.717, 1.165) is 25.1 Å². The van der Waals surface area contributed by atoms with Crippen LogP contribution in [0.25, 0.3) is 0 Å². The Kier molecular flexibility index (Phi) is 2.79. The average molecular weight is 305 g/mol. The smallest absolute Gasteiger partial charge is 0.136 e. The second-order valence-electron chi connectivity index (χ2n) is 4.12. The molecule has 14 heavy (non-hydrogen) atoms. The summed E-state index contributed by atoms with van der Waals surface area (Å²) in [5, 5.41) is 3.32. The van der Waals surface area contributed by atoms with Crippen LogP contribution in [-0.4, -0.2) is 13.1 Å². The summed E-state index contributed by atoms with van der Waals surface area (Å²) < 4.78 is 14.1. The number of nitrogens with one attached hydrogen (secondary N) is 1. The molecule has 1 aromatic carbocycles. The molecule has 3 heteroatoms. The number of hydrogen-bond donors (Lipinski definition) is 1. The lowest BCUT2D eigenvalue weighted by Gasteiger charge is -2.23. The van der Waals surface area contributed by atoms with E-state index in [-0.39, 0.29) is 11.2 Å². The van der Waals surface area contributed by atoms with Gasteiger partial charge in [0.2, 0.25) is 0 Å². The lowest BCUT2D eigenvalue weighted by Crippen LogP contribution is -2.25. The number of benzene rings is 1. The van der Waals surface area contributed by atoms with E-state index < -0.39 is 0 Å². The maximum Gasteiger partial charge on any atom is 0.136 e. The fraction of sp³-hybridized carbons (Fsp3) is 0.455. The summed E-state index contributed by atoms with van der Waals surface area (Å²) in [6.45, 7) is 4.17. The van der Waals surface area contributed by atoms with Gasteiger partial charge in [-0.25, -0.2) is 4.39 Å². The van der Waals surface area contributed by atoms with Crippen LogP contribution in [0.1, 0.15) is 18.9 Å². The van der Waals surface area contributed by atoms with Gasteiger partial charge in [0.25, 0.3) is 0 Å². The van der Waals surface area contributed by atoms with Crippen LogP contribution >= 0.6 is 22.6 Å². The summed E-state index contributed by atoms with van der Waals surface area (Å²) in [6, 6.07) is 5.57. The quantitative estimate of drug-likeness (QED) is 0.787. The molecule has 0 saturated carbocycles. The fourth-order valence-electron chi connectivity index (χ4n) is 1.93. The van der Waals surface area contributed by atoms with Crippen molar-refractivity contribution in [1.82, 2.24) is 5.32 Å². The highest BCUT2D eigenvalue weighted by atomic mass is 127. The minimum atomic E-state index is -0.101. The van der Waals surface area contributed by atoms with E-state index in [1.807, 2.05) is 34.7 Å². The van der Waals surface area contributed by atoms with Crippen LogP contribution in [0.3, 0.4) is 0 Å². The highest BCUT2D eigenvalue weighted by molar-refractivity contribution is 14.1. The van der Waals surface area contributed by atoms with Gasteiger partial charge in [-0.3, -0.25) is 0 Å². The van der Waals surface area contributed by atoms with Crippen molar-refractivity contribution >= 4 is 22.6 Å². The maximum atomic E-state index is 13.4. The van der Waals surface area contributed by atoms with Crippen molar-refractivity contribution in [3.05, 3.63) is 33.1 Å². The molecule has 1 aliphatic rings. The van der Waals surface area contributed by atoms with Gasteiger partial charge in [0.1, 0.15) is 5.82 Å². The molecule has 1 nitrogen and oxygen atoms in total. The van der Waals surface area contributed by atoms with Crippen LogP contribution in [0.5, 0.6) is 0 Å². The maximum absolute atomic E-state index is 13.4.